The van der Waals surface area contributed by atoms with Crippen molar-refractivity contribution in [1.29, 1.82) is 0 Å². The zero-order valence-electron chi connectivity index (χ0n) is 17.3. The van der Waals surface area contributed by atoms with Crippen molar-refractivity contribution in [3.8, 4) is 0 Å². The van der Waals surface area contributed by atoms with Crippen molar-refractivity contribution in [2.75, 3.05) is 49.2 Å². The zero-order valence-corrected chi connectivity index (χ0v) is 19.0. The number of nitro benzene ring substituents is 1. The molecule has 1 amide bonds. The van der Waals surface area contributed by atoms with Gasteiger partial charge in [-0.25, -0.2) is 4.79 Å². The van der Waals surface area contributed by atoms with Gasteiger partial charge in [-0.3, -0.25) is 14.9 Å². The van der Waals surface area contributed by atoms with E-state index in [4.69, 9.17) is 4.74 Å². The molecule has 0 spiro atoms. The second-order valence-corrected chi connectivity index (χ2v) is 10.1. The van der Waals surface area contributed by atoms with E-state index in [1.165, 1.54) is 17.7 Å². The Hall–Kier alpha value is -2.72. The van der Waals surface area contributed by atoms with Gasteiger partial charge in [0, 0.05) is 55.5 Å². The number of ether oxygens (including phenoxy) is 1. The highest BCUT2D eigenvalue weighted by Gasteiger charge is 2.23. The summed E-state index contributed by atoms with van der Waals surface area (Å²) in [5.41, 5.74) is 2.57. The normalized spacial score (nSPS) is 16.8. The Morgan fingerprint density at radius 1 is 0.969 bits per heavy atom. The van der Waals surface area contributed by atoms with E-state index < -0.39 is 10.9 Å². The molecule has 2 aliphatic heterocycles. The Bertz CT molecular complexity index is 970. The van der Waals surface area contributed by atoms with E-state index in [0.29, 0.717) is 36.3 Å². The number of thioether (sulfide) groups is 2. The number of carbonyl (C=O) groups is 2. The van der Waals surface area contributed by atoms with Crippen molar-refractivity contribution in [3.05, 3.63) is 69.8 Å². The molecule has 4 rings (SSSR count). The molecule has 2 aromatic carbocycles. The Morgan fingerprint density at radius 3 is 2.19 bits per heavy atom. The number of hydrogen-bond acceptors (Lipinski definition) is 8. The molecule has 2 saturated heterocycles. The summed E-state index contributed by atoms with van der Waals surface area (Å²) in [5.74, 6) is 1.56. The van der Waals surface area contributed by atoms with Crippen molar-refractivity contribution in [2.24, 2.45) is 0 Å². The molecule has 2 heterocycles. The van der Waals surface area contributed by atoms with E-state index in [1.807, 2.05) is 35.7 Å². The molecule has 32 heavy (non-hydrogen) atoms. The van der Waals surface area contributed by atoms with Crippen LogP contribution in [0.3, 0.4) is 0 Å². The minimum absolute atomic E-state index is 0.0512. The van der Waals surface area contributed by atoms with Crippen LogP contribution >= 0.6 is 23.5 Å². The van der Waals surface area contributed by atoms with Gasteiger partial charge >= 0.3 is 5.97 Å². The summed E-state index contributed by atoms with van der Waals surface area (Å²) in [6.45, 7) is 1.93. The average Bonchev–Trinajstić information content (AvgIpc) is 3.38. The summed E-state index contributed by atoms with van der Waals surface area (Å²) >= 11 is 3.81. The highest BCUT2D eigenvalue weighted by atomic mass is 32.2. The number of non-ortho nitro benzene ring substituents is 1. The standard InChI is InChI=1S/C22H23N3O5S2/c26-20(15-30-21(27)16-1-3-17(4-2-16)22-31-13-14-32-22)24-11-9-23(10-12-24)18-5-7-19(8-6-18)25(28)29/h1-8,22H,9-15H2. The average molecular weight is 474 g/mol. The topological polar surface area (TPSA) is 93.0 Å². The molecule has 0 aliphatic carbocycles. The van der Waals surface area contributed by atoms with E-state index in [1.54, 1.807) is 29.2 Å². The maximum absolute atomic E-state index is 12.5. The van der Waals surface area contributed by atoms with Crippen molar-refractivity contribution >= 4 is 46.8 Å². The highest BCUT2D eigenvalue weighted by molar-refractivity contribution is 8.19. The first-order valence-electron chi connectivity index (χ1n) is 10.3. The van der Waals surface area contributed by atoms with E-state index >= 15 is 0 Å². The number of hydrogen-bond donors (Lipinski definition) is 0. The molecule has 0 atom stereocenters. The van der Waals surface area contributed by atoms with Gasteiger partial charge in [-0.05, 0) is 29.8 Å². The van der Waals surface area contributed by atoms with Crippen LogP contribution in [0.1, 0.15) is 20.5 Å². The maximum atomic E-state index is 12.5. The third-order valence-corrected chi connectivity index (χ3v) is 8.53. The Balaban J connectivity index is 1.23. The number of carbonyl (C=O) groups excluding carboxylic acids is 2. The van der Waals surface area contributed by atoms with Crippen molar-refractivity contribution in [1.82, 2.24) is 4.90 Å². The number of rotatable bonds is 6. The number of piperazine rings is 1. The van der Waals surface area contributed by atoms with Crippen LogP contribution in [0.5, 0.6) is 0 Å². The number of nitro groups is 1. The largest absolute Gasteiger partial charge is 0.452 e. The Kier molecular flexibility index (Phi) is 7.21. The van der Waals surface area contributed by atoms with E-state index in [2.05, 4.69) is 4.90 Å². The minimum Gasteiger partial charge on any atom is -0.452 e. The summed E-state index contributed by atoms with van der Waals surface area (Å²) < 4.78 is 5.66. The van der Waals surface area contributed by atoms with E-state index in [9.17, 15) is 19.7 Å². The molecule has 2 aromatic rings. The van der Waals surface area contributed by atoms with Crippen LogP contribution in [0.15, 0.2) is 48.5 Å². The van der Waals surface area contributed by atoms with Crippen molar-refractivity contribution in [2.45, 2.75) is 4.58 Å². The van der Waals surface area contributed by atoms with Crippen LogP contribution in [0.2, 0.25) is 0 Å². The molecule has 0 unspecified atom stereocenters. The van der Waals surface area contributed by atoms with Crippen LogP contribution in [-0.2, 0) is 9.53 Å². The second-order valence-electron chi connectivity index (χ2n) is 7.41. The van der Waals surface area contributed by atoms with Gasteiger partial charge in [0.05, 0.1) is 15.1 Å². The van der Waals surface area contributed by atoms with Gasteiger partial charge in [-0.1, -0.05) is 12.1 Å². The number of amides is 1. The molecule has 0 radical (unpaired) electrons. The Labute approximate surface area is 194 Å². The first-order valence-corrected chi connectivity index (χ1v) is 12.4. The lowest BCUT2D eigenvalue weighted by atomic mass is 10.1. The number of esters is 1. The SMILES string of the molecule is O=C(OCC(=O)N1CCN(c2ccc([N+](=O)[O-])cc2)CC1)c1ccc(C2SCCS2)cc1. The molecule has 10 heteroatoms. The van der Waals surface area contributed by atoms with Crippen LogP contribution in [0, 0.1) is 10.1 Å². The third-order valence-electron chi connectivity index (χ3n) is 5.43. The van der Waals surface area contributed by atoms with Crippen LogP contribution in [0.4, 0.5) is 11.4 Å². The molecular formula is C22H23N3O5S2. The molecular weight excluding hydrogens is 450 g/mol. The van der Waals surface area contributed by atoms with Gasteiger partial charge in [0.1, 0.15) is 0 Å². The lowest BCUT2D eigenvalue weighted by Gasteiger charge is -2.36. The van der Waals surface area contributed by atoms with Gasteiger partial charge in [-0.2, -0.15) is 0 Å². The zero-order chi connectivity index (χ0) is 22.5. The fraction of sp³-hybridized carbons (Fsp3) is 0.364. The molecule has 168 valence electrons. The van der Waals surface area contributed by atoms with Crippen LogP contribution < -0.4 is 4.90 Å². The molecule has 8 nitrogen and oxygen atoms in total. The van der Waals surface area contributed by atoms with Crippen molar-refractivity contribution in [3.63, 3.8) is 0 Å². The van der Waals surface area contributed by atoms with Gasteiger partial charge in [0.25, 0.3) is 11.6 Å². The highest BCUT2D eigenvalue weighted by Crippen LogP contribution is 2.45. The molecule has 2 aliphatic rings. The maximum Gasteiger partial charge on any atom is 0.338 e. The lowest BCUT2D eigenvalue weighted by molar-refractivity contribution is -0.384. The van der Waals surface area contributed by atoms with Gasteiger partial charge in [0.15, 0.2) is 6.61 Å². The van der Waals surface area contributed by atoms with Crippen LogP contribution in [0.25, 0.3) is 0 Å². The third kappa shape index (κ3) is 5.36. The fourth-order valence-electron chi connectivity index (χ4n) is 3.63. The summed E-state index contributed by atoms with van der Waals surface area (Å²) in [6.07, 6.45) is 0. The van der Waals surface area contributed by atoms with Gasteiger partial charge in [0.2, 0.25) is 0 Å². The van der Waals surface area contributed by atoms with E-state index in [-0.39, 0.29) is 18.2 Å². The summed E-state index contributed by atoms with van der Waals surface area (Å²) in [5, 5.41) is 10.8. The second kappa shape index (κ2) is 10.3. The van der Waals surface area contributed by atoms with Gasteiger partial charge < -0.3 is 14.5 Å². The summed E-state index contributed by atoms with van der Waals surface area (Å²) in [4.78, 5) is 38.9. The Morgan fingerprint density at radius 2 is 1.59 bits per heavy atom. The molecule has 0 aromatic heterocycles. The number of anilines is 1. The smallest absolute Gasteiger partial charge is 0.338 e. The predicted octanol–water partition coefficient (Wildman–Crippen LogP) is 3.58. The van der Waals surface area contributed by atoms with Crippen LogP contribution in [-0.4, -0.2) is 66.0 Å². The fourth-order valence-corrected chi connectivity index (χ4v) is 6.49. The predicted molar refractivity (Wildman–Crippen MR) is 126 cm³/mol. The minimum atomic E-state index is -0.499. The lowest BCUT2D eigenvalue weighted by Crippen LogP contribution is -2.49. The number of nitrogens with zero attached hydrogens (tertiary/aromatic N) is 3. The van der Waals surface area contributed by atoms with Gasteiger partial charge in [-0.15, -0.1) is 23.5 Å². The van der Waals surface area contributed by atoms with Crippen molar-refractivity contribution < 1.29 is 19.2 Å². The summed E-state index contributed by atoms with van der Waals surface area (Å²) in [6, 6.07) is 13.8. The number of benzene rings is 2. The molecule has 2 fully saturated rings. The quantitative estimate of drug-likeness (QED) is 0.357. The van der Waals surface area contributed by atoms with E-state index in [0.717, 1.165) is 17.2 Å². The molecule has 0 saturated carbocycles. The first kappa shape index (κ1) is 22.5. The molecule has 0 bridgehead atoms. The monoisotopic (exact) mass is 473 g/mol. The summed E-state index contributed by atoms with van der Waals surface area (Å²) in [7, 11) is 0. The first-order chi connectivity index (χ1) is 15.5. The molecule has 0 N–H and O–H groups in total.